The average molecular weight is 435 g/mol. The molecule has 1 atom stereocenters. The second kappa shape index (κ2) is 8.91. The van der Waals surface area contributed by atoms with Gasteiger partial charge in [0, 0.05) is 6.61 Å². The molecule has 3 heterocycles. The molecular weight excluding hydrogens is 412 g/mol. The molecule has 5 rings (SSSR count). The van der Waals surface area contributed by atoms with Gasteiger partial charge in [-0.05, 0) is 49.2 Å². The van der Waals surface area contributed by atoms with Gasteiger partial charge in [0.1, 0.15) is 18.1 Å². The maximum Gasteiger partial charge on any atom is 0.295 e. The Labute approximate surface area is 184 Å². The Balaban J connectivity index is 1.37. The summed E-state index contributed by atoms with van der Waals surface area (Å²) in [4.78, 5) is 19.8. The van der Waals surface area contributed by atoms with Gasteiger partial charge >= 0.3 is 0 Å². The van der Waals surface area contributed by atoms with Gasteiger partial charge in [0.15, 0.2) is 10.9 Å². The van der Waals surface area contributed by atoms with Crippen molar-refractivity contribution in [3.63, 3.8) is 0 Å². The van der Waals surface area contributed by atoms with E-state index in [9.17, 15) is 4.79 Å². The summed E-state index contributed by atoms with van der Waals surface area (Å²) >= 11 is 1.50. The predicted molar refractivity (Wildman–Crippen MR) is 120 cm³/mol. The Morgan fingerprint density at radius 1 is 1.10 bits per heavy atom. The highest BCUT2D eigenvalue weighted by atomic mass is 32.1. The molecule has 0 saturated carbocycles. The largest absolute Gasteiger partial charge is 0.486 e. The van der Waals surface area contributed by atoms with Crippen molar-refractivity contribution in [2.24, 2.45) is 0 Å². The molecule has 0 bridgehead atoms. The van der Waals surface area contributed by atoms with Gasteiger partial charge in [-0.1, -0.05) is 41.7 Å². The van der Waals surface area contributed by atoms with E-state index in [1.165, 1.54) is 11.3 Å². The third-order valence-corrected chi connectivity index (χ3v) is 6.22. The topological polar surface area (TPSA) is 64.8 Å². The number of benzene rings is 2. The molecule has 1 aliphatic rings. The van der Waals surface area contributed by atoms with Crippen molar-refractivity contribution in [2.75, 3.05) is 18.1 Å². The number of carbonyl (C=O) groups excluding carboxylic acids is 1. The fourth-order valence-electron chi connectivity index (χ4n) is 3.59. The van der Waals surface area contributed by atoms with Gasteiger partial charge in [0.25, 0.3) is 5.91 Å². The normalized spacial score (nSPS) is 15.9. The van der Waals surface area contributed by atoms with Crippen LogP contribution in [0.5, 0.6) is 5.75 Å². The number of thiazole rings is 1. The molecule has 6 nitrogen and oxygen atoms in total. The van der Waals surface area contributed by atoms with Crippen LogP contribution >= 0.6 is 11.3 Å². The molecule has 31 heavy (non-hydrogen) atoms. The number of anilines is 1. The van der Waals surface area contributed by atoms with Crippen LogP contribution in [0.3, 0.4) is 0 Å². The second-order valence-corrected chi connectivity index (χ2v) is 8.39. The van der Waals surface area contributed by atoms with Gasteiger partial charge in [-0.3, -0.25) is 9.69 Å². The zero-order valence-electron chi connectivity index (χ0n) is 16.9. The molecular formula is C24H22N2O4S. The molecule has 7 heteroatoms. The van der Waals surface area contributed by atoms with Crippen LogP contribution in [0, 0.1) is 0 Å². The van der Waals surface area contributed by atoms with Crippen LogP contribution in [0.4, 0.5) is 5.13 Å². The third-order valence-electron chi connectivity index (χ3n) is 5.17. The van der Waals surface area contributed by atoms with Gasteiger partial charge < -0.3 is 13.9 Å². The zero-order chi connectivity index (χ0) is 21.0. The van der Waals surface area contributed by atoms with E-state index >= 15 is 0 Å². The molecule has 1 aliphatic heterocycles. The third kappa shape index (κ3) is 4.47. The Morgan fingerprint density at radius 2 is 1.94 bits per heavy atom. The van der Waals surface area contributed by atoms with Gasteiger partial charge in [0.2, 0.25) is 0 Å². The summed E-state index contributed by atoms with van der Waals surface area (Å²) in [5.74, 6) is 1.39. The minimum absolute atomic E-state index is 0.00630. The van der Waals surface area contributed by atoms with Gasteiger partial charge in [-0.15, -0.1) is 0 Å². The number of para-hydroxylation sites is 2. The van der Waals surface area contributed by atoms with Crippen LogP contribution < -0.4 is 9.64 Å². The Morgan fingerprint density at radius 3 is 2.74 bits per heavy atom. The highest BCUT2D eigenvalue weighted by Crippen LogP contribution is 2.31. The van der Waals surface area contributed by atoms with Gasteiger partial charge in [-0.25, -0.2) is 4.98 Å². The van der Waals surface area contributed by atoms with Crippen molar-refractivity contribution in [1.29, 1.82) is 0 Å². The van der Waals surface area contributed by atoms with Crippen LogP contribution in [0.25, 0.3) is 10.2 Å². The number of hydrogen-bond acceptors (Lipinski definition) is 6. The minimum atomic E-state index is -0.222. The first-order chi connectivity index (χ1) is 15.3. The Kier molecular flexibility index (Phi) is 5.69. The maximum absolute atomic E-state index is 13.4. The second-order valence-electron chi connectivity index (χ2n) is 7.38. The van der Waals surface area contributed by atoms with Crippen LogP contribution in [0.2, 0.25) is 0 Å². The molecule has 2 aromatic heterocycles. The fourth-order valence-corrected chi connectivity index (χ4v) is 4.56. The van der Waals surface area contributed by atoms with Crippen molar-refractivity contribution >= 4 is 32.6 Å². The fraction of sp³-hybridized carbons (Fsp3) is 0.250. The lowest BCUT2D eigenvalue weighted by atomic mass is 10.2. The minimum Gasteiger partial charge on any atom is -0.486 e. The predicted octanol–water partition coefficient (Wildman–Crippen LogP) is 5.29. The summed E-state index contributed by atoms with van der Waals surface area (Å²) in [6, 6.07) is 20.9. The van der Waals surface area contributed by atoms with E-state index in [1.807, 2.05) is 54.6 Å². The monoisotopic (exact) mass is 434 g/mol. The van der Waals surface area contributed by atoms with E-state index in [0.29, 0.717) is 17.4 Å². The van der Waals surface area contributed by atoms with Crippen molar-refractivity contribution in [2.45, 2.75) is 25.6 Å². The van der Waals surface area contributed by atoms with Crippen LogP contribution in [-0.4, -0.2) is 30.1 Å². The number of rotatable bonds is 7. The Hall–Kier alpha value is -3.16. The number of nitrogens with zero attached hydrogens (tertiary/aromatic N) is 2. The Bertz CT molecular complexity index is 1130. The molecule has 0 spiro atoms. The molecule has 2 aromatic carbocycles. The van der Waals surface area contributed by atoms with Crippen LogP contribution in [0.1, 0.15) is 29.2 Å². The van der Waals surface area contributed by atoms with Crippen molar-refractivity contribution in [3.8, 4) is 5.75 Å². The van der Waals surface area contributed by atoms with Crippen molar-refractivity contribution < 1.29 is 18.7 Å². The summed E-state index contributed by atoms with van der Waals surface area (Å²) in [5, 5.41) is 0.653. The number of amides is 1. The first kappa shape index (κ1) is 19.8. The molecule has 1 fully saturated rings. The lowest BCUT2D eigenvalue weighted by molar-refractivity contribution is 0.0891. The van der Waals surface area contributed by atoms with E-state index in [1.54, 1.807) is 17.0 Å². The first-order valence-electron chi connectivity index (χ1n) is 10.3. The maximum atomic E-state index is 13.4. The summed E-state index contributed by atoms with van der Waals surface area (Å²) < 4.78 is 18.4. The molecule has 1 saturated heterocycles. The standard InChI is InChI=1S/C24H22N2O4S/c27-23(21-13-12-19(30-21)16-29-17-7-2-1-3-8-17)26(15-18-9-6-14-28-18)24-25-20-10-4-5-11-22(20)31-24/h1-5,7-8,10-13,18H,6,9,14-16H2/t18-/m1/s1. The molecule has 0 N–H and O–H groups in total. The molecule has 0 radical (unpaired) electrons. The molecule has 0 aliphatic carbocycles. The first-order valence-corrected chi connectivity index (χ1v) is 11.1. The number of carbonyl (C=O) groups is 1. The molecule has 0 unspecified atom stereocenters. The number of aromatic nitrogens is 1. The summed E-state index contributed by atoms with van der Waals surface area (Å²) in [6.45, 7) is 1.44. The number of ether oxygens (including phenoxy) is 2. The number of furan rings is 1. The summed E-state index contributed by atoms with van der Waals surface area (Å²) in [6.07, 6.45) is 1.95. The van der Waals surface area contributed by atoms with E-state index in [2.05, 4.69) is 4.98 Å². The number of hydrogen-bond donors (Lipinski definition) is 0. The SMILES string of the molecule is O=C(c1ccc(COc2ccccc2)o1)N(C[C@H]1CCCO1)c1nc2ccccc2s1. The van der Waals surface area contributed by atoms with Gasteiger partial charge in [0.05, 0.1) is 22.9 Å². The summed E-state index contributed by atoms with van der Waals surface area (Å²) in [7, 11) is 0. The lowest BCUT2D eigenvalue weighted by Gasteiger charge is -2.22. The van der Waals surface area contributed by atoms with Crippen molar-refractivity contribution in [1.82, 2.24) is 4.98 Å². The van der Waals surface area contributed by atoms with Crippen LogP contribution in [0.15, 0.2) is 71.1 Å². The smallest absolute Gasteiger partial charge is 0.295 e. The molecule has 1 amide bonds. The average Bonchev–Trinajstić information content (AvgIpc) is 3.57. The van der Waals surface area contributed by atoms with Gasteiger partial charge in [-0.2, -0.15) is 0 Å². The van der Waals surface area contributed by atoms with E-state index in [0.717, 1.165) is 35.4 Å². The van der Waals surface area contributed by atoms with Crippen LogP contribution in [-0.2, 0) is 11.3 Å². The highest BCUT2D eigenvalue weighted by molar-refractivity contribution is 7.22. The highest BCUT2D eigenvalue weighted by Gasteiger charge is 2.28. The van der Waals surface area contributed by atoms with E-state index < -0.39 is 0 Å². The zero-order valence-corrected chi connectivity index (χ0v) is 17.7. The quantitative estimate of drug-likeness (QED) is 0.395. The van der Waals surface area contributed by atoms with E-state index in [-0.39, 0.29) is 24.4 Å². The number of fused-ring (bicyclic) bond motifs is 1. The van der Waals surface area contributed by atoms with Crippen molar-refractivity contribution in [3.05, 3.63) is 78.3 Å². The summed E-state index contributed by atoms with van der Waals surface area (Å²) in [5.41, 5.74) is 0.879. The van der Waals surface area contributed by atoms with E-state index in [4.69, 9.17) is 13.9 Å². The molecule has 158 valence electrons. The lowest BCUT2D eigenvalue weighted by Crippen LogP contribution is -2.37. The molecule has 4 aromatic rings.